The van der Waals surface area contributed by atoms with Crippen LogP contribution in [0.25, 0.3) is 21.8 Å². The predicted octanol–water partition coefficient (Wildman–Crippen LogP) is 6.02. The van der Waals surface area contributed by atoms with Crippen molar-refractivity contribution >= 4 is 49.7 Å². The first kappa shape index (κ1) is 30.2. The van der Waals surface area contributed by atoms with E-state index >= 15 is 4.39 Å². The molecule has 4 saturated heterocycles. The summed E-state index contributed by atoms with van der Waals surface area (Å²) in [7, 11) is 2.09. The molecule has 4 aliphatic heterocycles. The summed E-state index contributed by atoms with van der Waals surface area (Å²) < 4.78 is 25.5. The van der Waals surface area contributed by atoms with Crippen molar-refractivity contribution in [3.05, 3.63) is 33.7 Å². The maximum absolute atomic E-state index is 16.3. The van der Waals surface area contributed by atoms with Crippen LogP contribution in [0.4, 0.5) is 9.18 Å². The van der Waals surface area contributed by atoms with Crippen LogP contribution in [0.1, 0.15) is 75.7 Å². The summed E-state index contributed by atoms with van der Waals surface area (Å²) in [6, 6.07) is 5.76. The molecule has 1 aliphatic carbocycles. The molecular weight excluding hydrogens is 643 g/mol. The van der Waals surface area contributed by atoms with Gasteiger partial charge in [0.15, 0.2) is 5.82 Å². The van der Waals surface area contributed by atoms with Crippen LogP contribution in [0.3, 0.4) is 0 Å². The van der Waals surface area contributed by atoms with Gasteiger partial charge >= 0.3 is 6.09 Å². The molecule has 10 nitrogen and oxygen atoms in total. The Hall–Kier alpha value is -3.43. The van der Waals surface area contributed by atoms with E-state index in [4.69, 9.17) is 9.72 Å². The van der Waals surface area contributed by atoms with E-state index in [1.54, 1.807) is 6.92 Å². The molecule has 3 aromatic rings. The minimum atomic E-state index is -0.937. The van der Waals surface area contributed by atoms with Crippen LogP contribution in [0, 0.1) is 23.1 Å². The zero-order chi connectivity index (χ0) is 31.7. The topological polar surface area (TPSA) is 115 Å². The number of halogens is 2. The molecule has 2 aromatic heterocycles. The standard InChI is InChI=1S/C33H38BrFN6O4/c1-17(23-8-5-11-38(23)3)45-32-22-15-25(24-9-6-12-39(24)18(2)42)41(30-20-14-26(30)40(16-20)33(43)44)31(22)21-13-19(7-4-10-36)27(34)28(35)29(21)37-32/h13,15,17,20,23-24,26,30H,4-9,11-12,14,16H2,1-3H3,(H,43,44)/t17-,20+,23-,24+,26+,30-/m0/s1. The number of pyridine rings is 1. The molecule has 5 aliphatic rings. The number of carboxylic acid groups (broad SMARTS) is 1. The zero-order valence-corrected chi connectivity index (χ0v) is 27.4. The van der Waals surface area contributed by atoms with Crippen LogP contribution in [-0.2, 0) is 11.2 Å². The molecule has 8 rings (SSSR count). The second-order valence-corrected chi connectivity index (χ2v) is 14.0. The number of nitriles is 1. The Kier molecular flexibility index (Phi) is 7.68. The van der Waals surface area contributed by atoms with Crippen molar-refractivity contribution in [2.75, 3.05) is 26.7 Å². The Morgan fingerprint density at radius 2 is 2.00 bits per heavy atom. The van der Waals surface area contributed by atoms with Gasteiger partial charge < -0.3 is 24.2 Å². The Bertz CT molecular complexity index is 1750. The van der Waals surface area contributed by atoms with Crippen LogP contribution >= 0.6 is 15.9 Å². The van der Waals surface area contributed by atoms with Gasteiger partial charge in [0.2, 0.25) is 11.8 Å². The number of likely N-dealkylation sites (N-methyl/N-ethyl adjacent to an activating group) is 1. The van der Waals surface area contributed by atoms with Crippen molar-refractivity contribution in [2.45, 2.75) is 89.1 Å². The summed E-state index contributed by atoms with van der Waals surface area (Å²) in [5.74, 6) is -0.0779. The van der Waals surface area contributed by atoms with Gasteiger partial charge in [-0.2, -0.15) is 5.26 Å². The molecule has 238 valence electrons. The molecule has 0 unspecified atom stereocenters. The highest BCUT2D eigenvalue weighted by atomic mass is 79.9. The normalized spacial score (nSPS) is 26.9. The van der Waals surface area contributed by atoms with E-state index in [1.165, 1.54) is 4.90 Å². The van der Waals surface area contributed by atoms with E-state index in [1.807, 2.05) is 17.9 Å². The number of ether oxygens (including phenoxy) is 1. The fourth-order valence-corrected chi connectivity index (χ4v) is 9.07. The van der Waals surface area contributed by atoms with Crippen molar-refractivity contribution in [1.29, 1.82) is 5.26 Å². The number of aromatic nitrogens is 2. The minimum absolute atomic E-state index is 0.0100. The number of aryl methyl sites for hydroxylation is 1. The van der Waals surface area contributed by atoms with Gasteiger partial charge in [0, 0.05) is 49.5 Å². The summed E-state index contributed by atoms with van der Waals surface area (Å²) in [5, 5.41) is 20.7. The highest BCUT2D eigenvalue weighted by Crippen LogP contribution is 2.54. The molecule has 6 heterocycles. The second kappa shape index (κ2) is 11.4. The third-order valence-corrected chi connectivity index (χ3v) is 11.6. The number of rotatable bonds is 7. The van der Waals surface area contributed by atoms with E-state index in [9.17, 15) is 20.0 Å². The van der Waals surface area contributed by atoms with E-state index in [-0.39, 0.29) is 58.5 Å². The zero-order valence-electron chi connectivity index (χ0n) is 25.8. The minimum Gasteiger partial charge on any atom is -0.472 e. The Morgan fingerprint density at radius 3 is 2.67 bits per heavy atom. The molecule has 0 spiro atoms. The highest BCUT2D eigenvalue weighted by molar-refractivity contribution is 9.10. The van der Waals surface area contributed by atoms with Crippen molar-refractivity contribution in [1.82, 2.24) is 24.3 Å². The molecule has 1 N–H and O–H groups in total. The van der Waals surface area contributed by atoms with Crippen LogP contribution in [-0.4, -0.2) is 86.2 Å². The lowest BCUT2D eigenvalue weighted by Crippen LogP contribution is -2.43. The largest absolute Gasteiger partial charge is 0.472 e. The molecule has 1 saturated carbocycles. The summed E-state index contributed by atoms with van der Waals surface area (Å²) in [6.45, 7) is 5.69. The Morgan fingerprint density at radius 1 is 1.22 bits per heavy atom. The van der Waals surface area contributed by atoms with Gasteiger partial charge in [0.1, 0.15) is 11.6 Å². The highest BCUT2D eigenvalue weighted by Gasteiger charge is 2.56. The van der Waals surface area contributed by atoms with Gasteiger partial charge in [0.25, 0.3) is 0 Å². The van der Waals surface area contributed by atoms with Gasteiger partial charge in [0.05, 0.1) is 39.6 Å². The number of fused-ring (bicyclic) bond motifs is 4. The van der Waals surface area contributed by atoms with E-state index in [2.05, 4.69) is 44.6 Å². The lowest BCUT2D eigenvalue weighted by Gasteiger charge is -2.40. The smallest absolute Gasteiger partial charge is 0.407 e. The molecule has 2 bridgehead atoms. The SMILES string of the molecule is CC(=O)N1CCC[C@@H]1c1cc2c(O[C@@H](C)[C@@H]3CCCN3C)nc3c(F)c(Br)c(CCC#N)cc3c2n1[C@H]1[C@@H]2C[C@H]1N(C(=O)O)C2. The second-order valence-electron chi connectivity index (χ2n) is 13.2. The van der Waals surface area contributed by atoms with E-state index in [0.29, 0.717) is 36.3 Å². The van der Waals surface area contributed by atoms with Crippen LogP contribution in [0.5, 0.6) is 5.88 Å². The summed E-state index contributed by atoms with van der Waals surface area (Å²) in [5.41, 5.74) is 2.50. The first-order chi connectivity index (χ1) is 21.6. The summed E-state index contributed by atoms with van der Waals surface area (Å²) >= 11 is 3.45. The van der Waals surface area contributed by atoms with Crippen molar-refractivity contribution in [3.63, 3.8) is 0 Å². The van der Waals surface area contributed by atoms with Crippen LogP contribution < -0.4 is 4.74 Å². The summed E-state index contributed by atoms with van der Waals surface area (Å²) in [6.07, 6.45) is 3.93. The molecule has 2 amide bonds. The number of amides is 2. The molecule has 5 fully saturated rings. The maximum atomic E-state index is 16.3. The predicted molar refractivity (Wildman–Crippen MR) is 170 cm³/mol. The van der Waals surface area contributed by atoms with Gasteiger partial charge in [-0.3, -0.25) is 9.69 Å². The lowest BCUT2D eigenvalue weighted by molar-refractivity contribution is -0.129. The van der Waals surface area contributed by atoms with Gasteiger partial charge in [-0.1, -0.05) is 0 Å². The van der Waals surface area contributed by atoms with E-state index < -0.39 is 11.9 Å². The van der Waals surface area contributed by atoms with Crippen molar-refractivity contribution in [2.24, 2.45) is 5.92 Å². The number of likely N-dealkylation sites (tertiary alicyclic amines) is 2. The molecular formula is C33H38BrFN6O4. The molecule has 12 heteroatoms. The van der Waals surface area contributed by atoms with Crippen LogP contribution in [0.15, 0.2) is 16.6 Å². The monoisotopic (exact) mass is 680 g/mol. The van der Waals surface area contributed by atoms with Gasteiger partial charge in [-0.25, -0.2) is 14.2 Å². The van der Waals surface area contributed by atoms with Crippen LogP contribution in [0.2, 0.25) is 0 Å². The fraction of sp³-hybridized carbons (Fsp3) is 0.576. The Balaban J connectivity index is 1.51. The molecule has 1 aromatic carbocycles. The summed E-state index contributed by atoms with van der Waals surface area (Å²) in [4.78, 5) is 35.6. The first-order valence-electron chi connectivity index (χ1n) is 16.0. The first-order valence-corrected chi connectivity index (χ1v) is 16.8. The number of carbonyl (C=O) groups excluding carboxylic acids is 1. The third-order valence-electron chi connectivity index (χ3n) is 10.7. The van der Waals surface area contributed by atoms with Crippen molar-refractivity contribution < 1.29 is 23.8 Å². The Labute approximate surface area is 269 Å². The lowest BCUT2D eigenvalue weighted by atomic mass is 9.79. The van der Waals surface area contributed by atoms with Crippen molar-refractivity contribution in [3.8, 4) is 11.9 Å². The molecule has 45 heavy (non-hydrogen) atoms. The molecule has 6 atom stereocenters. The van der Waals surface area contributed by atoms with Gasteiger partial charge in [-0.05, 0) is 92.7 Å². The number of nitrogens with zero attached hydrogens (tertiary/aromatic N) is 6. The number of hydrogen-bond acceptors (Lipinski definition) is 6. The number of benzene rings is 1. The van der Waals surface area contributed by atoms with Gasteiger partial charge in [-0.15, -0.1) is 0 Å². The quantitative estimate of drug-likeness (QED) is 0.325. The number of hydrogen-bond donors (Lipinski definition) is 1. The maximum Gasteiger partial charge on any atom is 0.407 e. The van der Waals surface area contributed by atoms with E-state index in [0.717, 1.165) is 55.2 Å². The fourth-order valence-electron chi connectivity index (χ4n) is 8.57. The average molecular weight is 682 g/mol. The third kappa shape index (κ3) is 4.76. The molecule has 0 radical (unpaired) electrons. The number of carbonyl (C=O) groups is 2. The average Bonchev–Trinajstić information content (AvgIpc) is 3.82.